The highest BCUT2D eigenvalue weighted by Crippen LogP contribution is 2.38. The maximum absolute atomic E-state index is 11.9. The van der Waals surface area contributed by atoms with E-state index in [2.05, 4.69) is 14.9 Å². The van der Waals surface area contributed by atoms with Crippen LogP contribution in [0.1, 0.15) is 30.1 Å². The molecule has 1 N–H and O–H groups in total. The fourth-order valence-electron chi connectivity index (χ4n) is 2.38. The largest absolute Gasteiger partial charge is 0.354 e. The van der Waals surface area contributed by atoms with Crippen molar-refractivity contribution < 1.29 is 4.79 Å². The molecule has 0 aliphatic heterocycles. The van der Waals surface area contributed by atoms with Gasteiger partial charge in [0, 0.05) is 36.4 Å². The molecule has 21 heavy (non-hydrogen) atoms. The van der Waals surface area contributed by atoms with Crippen LogP contribution >= 0.6 is 11.6 Å². The minimum atomic E-state index is 0.0328. The van der Waals surface area contributed by atoms with E-state index in [-0.39, 0.29) is 5.91 Å². The normalized spacial score (nSPS) is 14.1. The van der Waals surface area contributed by atoms with E-state index < -0.39 is 0 Å². The standard InChI is InChI=1S/C16H18ClN3O/c17-14-5-1-12(2-6-14)11-15(21)18-7-9-20-10-8-19-16(20)13-3-4-13/h1-2,5-6,8,10,13H,3-4,7,9,11H2,(H,18,21). The van der Waals surface area contributed by atoms with Gasteiger partial charge in [0.2, 0.25) is 5.91 Å². The van der Waals surface area contributed by atoms with Crippen LogP contribution in [0.25, 0.3) is 0 Å². The third kappa shape index (κ3) is 3.85. The number of aromatic nitrogens is 2. The van der Waals surface area contributed by atoms with Gasteiger partial charge in [0.1, 0.15) is 5.82 Å². The summed E-state index contributed by atoms with van der Waals surface area (Å²) >= 11 is 5.83. The van der Waals surface area contributed by atoms with E-state index in [1.165, 1.54) is 12.8 Å². The van der Waals surface area contributed by atoms with Crippen molar-refractivity contribution in [3.63, 3.8) is 0 Å². The predicted molar refractivity (Wildman–Crippen MR) is 82.4 cm³/mol. The molecule has 1 amide bonds. The summed E-state index contributed by atoms with van der Waals surface area (Å²) in [5.74, 6) is 1.82. The number of benzene rings is 1. The molecular weight excluding hydrogens is 286 g/mol. The van der Waals surface area contributed by atoms with Crippen molar-refractivity contribution in [1.82, 2.24) is 14.9 Å². The molecule has 0 radical (unpaired) electrons. The second-order valence-electron chi connectivity index (χ2n) is 5.41. The SMILES string of the molecule is O=C(Cc1ccc(Cl)cc1)NCCn1ccnc1C1CC1. The van der Waals surface area contributed by atoms with Crippen molar-refractivity contribution in [2.75, 3.05) is 6.54 Å². The van der Waals surface area contributed by atoms with Crippen LogP contribution in [0.15, 0.2) is 36.7 Å². The van der Waals surface area contributed by atoms with Gasteiger partial charge in [-0.15, -0.1) is 0 Å². The van der Waals surface area contributed by atoms with Crippen molar-refractivity contribution in [1.29, 1.82) is 0 Å². The summed E-state index contributed by atoms with van der Waals surface area (Å²) in [6.07, 6.45) is 6.68. The minimum Gasteiger partial charge on any atom is -0.354 e. The molecule has 1 aliphatic carbocycles. The lowest BCUT2D eigenvalue weighted by Crippen LogP contribution is -2.28. The molecule has 0 bridgehead atoms. The zero-order valence-corrected chi connectivity index (χ0v) is 12.5. The van der Waals surface area contributed by atoms with Crippen LogP contribution < -0.4 is 5.32 Å². The molecule has 1 aromatic carbocycles. The first-order valence-corrected chi connectivity index (χ1v) is 7.62. The fourth-order valence-corrected chi connectivity index (χ4v) is 2.50. The van der Waals surface area contributed by atoms with E-state index in [1.807, 2.05) is 24.5 Å². The molecule has 110 valence electrons. The Morgan fingerprint density at radius 2 is 2.10 bits per heavy atom. The fraction of sp³-hybridized carbons (Fsp3) is 0.375. The van der Waals surface area contributed by atoms with Gasteiger partial charge in [-0.3, -0.25) is 4.79 Å². The van der Waals surface area contributed by atoms with Crippen LogP contribution in [-0.4, -0.2) is 22.0 Å². The lowest BCUT2D eigenvalue weighted by Gasteiger charge is -2.09. The predicted octanol–water partition coefficient (Wildman–Crippen LogP) is 2.77. The highest BCUT2D eigenvalue weighted by atomic mass is 35.5. The summed E-state index contributed by atoms with van der Waals surface area (Å²) in [7, 11) is 0. The van der Waals surface area contributed by atoms with Gasteiger partial charge in [-0.1, -0.05) is 23.7 Å². The quantitative estimate of drug-likeness (QED) is 0.892. The van der Waals surface area contributed by atoms with Crippen LogP contribution in [0.3, 0.4) is 0 Å². The summed E-state index contributed by atoms with van der Waals surface area (Å²) in [5, 5.41) is 3.64. The van der Waals surface area contributed by atoms with E-state index >= 15 is 0 Å². The Morgan fingerprint density at radius 1 is 1.33 bits per heavy atom. The molecule has 1 fully saturated rings. The molecular formula is C16H18ClN3O. The topological polar surface area (TPSA) is 46.9 Å². The molecule has 1 aliphatic rings. The Balaban J connectivity index is 1.45. The Labute approximate surface area is 129 Å². The molecule has 1 saturated carbocycles. The smallest absolute Gasteiger partial charge is 0.224 e. The maximum atomic E-state index is 11.9. The minimum absolute atomic E-state index is 0.0328. The Kier molecular flexibility index (Phi) is 4.25. The number of nitrogens with zero attached hydrogens (tertiary/aromatic N) is 2. The van der Waals surface area contributed by atoms with Crippen LogP contribution in [0.4, 0.5) is 0 Å². The molecule has 4 nitrogen and oxygen atoms in total. The summed E-state index contributed by atoms with van der Waals surface area (Å²) < 4.78 is 2.14. The van der Waals surface area contributed by atoms with Gasteiger partial charge < -0.3 is 9.88 Å². The Hall–Kier alpha value is -1.81. The zero-order valence-electron chi connectivity index (χ0n) is 11.8. The molecule has 0 spiro atoms. The van der Waals surface area contributed by atoms with Crippen LogP contribution in [-0.2, 0) is 17.8 Å². The Morgan fingerprint density at radius 3 is 2.81 bits per heavy atom. The van der Waals surface area contributed by atoms with Crippen LogP contribution in [0, 0.1) is 0 Å². The number of halogens is 1. The van der Waals surface area contributed by atoms with Gasteiger partial charge in [0.05, 0.1) is 6.42 Å². The van der Waals surface area contributed by atoms with Crippen molar-refractivity contribution in [3.8, 4) is 0 Å². The van der Waals surface area contributed by atoms with Gasteiger partial charge in [0.25, 0.3) is 0 Å². The number of hydrogen-bond donors (Lipinski definition) is 1. The second kappa shape index (κ2) is 6.31. The number of rotatable bonds is 6. The first kappa shape index (κ1) is 14.1. The van der Waals surface area contributed by atoms with Crippen molar-refractivity contribution >= 4 is 17.5 Å². The lowest BCUT2D eigenvalue weighted by atomic mass is 10.1. The molecule has 3 rings (SSSR count). The molecule has 2 aromatic rings. The molecule has 0 unspecified atom stereocenters. The summed E-state index contributed by atoms with van der Waals surface area (Å²) in [5.41, 5.74) is 0.971. The first-order valence-electron chi connectivity index (χ1n) is 7.24. The van der Waals surface area contributed by atoms with E-state index in [1.54, 1.807) is 12.1 Å². The number of carbonyl (C=O) groups excluding carboxylic acids is 1. The second-order valence-corrected chi connectivity index (χ2v) is 5.84. The summed E-state index contributed by atoms with van der Waals surface area (Å²) in [6.45, 7) is 1.40. The van der Waals surface area contributed by atoms with Crippen molar-refractivity contribution in [2.45, 2.75) is 31.7 Å². The number of nitrogens with one attached hydrogen (secondary N) is 1. The van der Waals surface area contributed by atoms with Crippen molar-refractivity contribution in [3.05, 3.63) is 53.1 Å². The molecule has 1 heterocycles. The third-order valence-electron chi connectivity index (χ3n) is 3.64. The van der Waals surface area contributed by atoms with Crippen LogP contribution in [0.5, 0.6) is 0 Å². The van der Waals surface area contributed by atoms with Crippen LogP contribution in [0.2, 0.25) is 5.02 Å². The van der Waals surface area contributed by atoms with Gasteiger partial charge in [-0.25, -0.2) is 4.98 Å². The van der Waals surface area contributed by atoms with E-state index in [9.17, 15) is 4.79 Å². The maximum Gasteiger partial charge on any atom is 0.224 e. The highest BCUT2D eigenvalue weighted by Gasteiger charge is 2.27. The molecule has 0 saturated heterocycles. The zero-order chi connectivity index (χ0) is 14.7. The average Bonchev–Trinajstić information content (AvgIpc) is 3.21. The monoisotopic (exact) mass is 303 g/mol. The number of amides is 1. The molecule has 5 heteroatoms. The van der Waals surface area contributed by atoms with Gasteiger partial charge in [0.15, 0.2) is 0 Å². The summed E-state index contributed by atoms with van der Waals surface area (Å²) in [6, 6.07) is 7.36. The third-order valence-corrected chi connectivity index (χ3v) is 3.89. The van der Waals surface area contributed by atoms with Gasteiger partial charge >= 0.3 is 0 Å². The number of imidazole rings is 1. The van der Waals surface area contributed by atoms with E-state index in [0.29, 0.717) is 23.9 Å². The molecule has 0 atom stereocenters. The van der Waals surface area contributed by atoms with Crippen molar-refractivity contribution in [2.24, 2.45) is 0 Å². The number of carbonyl (C=O) groups is 1. The van der Waals surface area contributed by atoms with E-state index in [4.69, 9.17) is 11.6 Å². The van der Waals surface area contributed by atoms with Gasteiger partial charge in [-0.05, 0) is 30.5 Å². The molecule has 1 aromatic heterocycles. The number of hydrogen-bond acceptors (Lipinski definition) is 2. The van der Waals surface area contributed by atoms with Gasteiger partial charge in [-0.2, -0.15) is 0 Å². The van der Waals surface area contributed by atoms with E-state index in [0.717, 1.165) is 17.9 Å². The first-order chi connectivity index (χ1) is 10.2. The highest BCUT2D eigenvalue weighted by molar-refractivity contribution is 6.30. The Bertz CT molecular complexity index is 617. The summed E-state index contributed by atoms with van der Waals surface area (Å²) in [4.78, 5) is 16.3. The average molecular weight is 304 g/mol. The lowest BCUT2D eigenvalue weighted by molar-refractivity contribution is -0.120.